The van der Waals surface area contributed by atoms with Crippen molar-refractivity contribution in [2.45, 2.75) is 26.3 Å². The smallest absolute Gasteiger partial charge is 0.406 e. The van der Waals surface area contributed by atoms with E-state index in [0.717, 1.165) is 11.1 Å². The molecule has 10 heteroatoms. The number of alkyl halides is 3. The molecule has 1 aliphatic heterocycles. The van der Waals surface area contributed by atoms with E-state index in [1.165, 1.54) is 24.3 Å². The monoisotopic (exact) mass is 460 g/mol. The van der Waals surface area contributed by atoms with Crippen LogP contribution in [0, 0.1) is 6.92 Å². The van der Waals surface area contributed by atoms with Gasteiger partial charge in [-0.3, -0.25) is 9.69 Å². The highest BCUT2D eigenvalue weighted by atomic mass is 19.4. The molecule has 1 aliphatic rings. The van der Waals surface area contributed by atoms with Gasteiger partial charge in [0.15, 0.2) is 0 Å². The fourth-order valence-electron chi connectivity index (χ4n) is 3.58. The van der Waals surface area contributed by atoms with Gasteiger partial charge in [0.2, 0.25) is 17.6 Å². The predicted molar refractivity (Wildman–Crippen MR) is 113 cm³/mol. The van der Waals surface area contributed by atoms with Crippen LogP contribution in [-0.4, -0.2) is 58.4 Å². The summed E-state index contributed by atoms with van der Waals surface area (Å²) in [5.74, 6) is 0.689. The number of aryl methyl sites for hydroxylation is 1. The van der Waals surface area contributed by atoms with E-state index in [1.807, 2.05) is 31.2 Å². The lowest BCUT2D eigenvalue weighted by molar-refractivity contribution is -0.274. The molecule has 3 aromatic rings. The van der Waals surface area contributed by atoms with Gasteiger partial charge in [-0.1, -0.05) is 47.1 Å². The zero-order chi connectivity index (χ0) is 23.4. The molecule has 0 atom stereocenters. The van der Waals surface area contributed by atoms with Crippen LogP contribution in [0.1, 0.15) is 17.0 Å². The molecule has 0 radical (unpaired) electrons. The van der Waals surface area contributed by atoms with Crippen LogP contribution in [0.25, 0.3) is 11.4 Å². The third kappa shape index (κ3) is 6.32. The van der Waals surface area contributed by atoms with Gasteiger partial charge in [0.1, 0.15) is 5.75 Å². The third-order valence-corrected chi connectivity index (χ3v) is 5.37. The van der Waals surface area contributed by atoms with Crippen molar-refractivity contribution in [3.8, 4) is 17.1 Å². The fraction of sp³-hybridized carbons (Fsp3) is 0.348. The van der Waals surface area contributed by atoms with Gasteiger partial charge in [0.25, 0.3) is 0 Å². The van der Waals surface area contributed by atoms with Crippen LogP contribution in [0.3, 0.4) is 0 Å². The Bertz CT molecular complexity index is 1070. The lowest BCUT2D eigenvalue weighted by Gasteiger charge is -2.34. The zero-order valence-corrected chi connectivity index (χ0v) is 18.0. The van der Waals surface area contributed by atoms with Gasteiger partial charge >= 0.3 is 6.36 Å². The number of hydrogen-bond donors (Lipinski definition) is 0. The second-order valence-electron chi connectivity index (χ2n) is 7.90. The Balaban J connectivity index is 1.25. The summed E-state index contributed by atoms with van der Waals surface area (Å²) in [5, 5.41) is 4.05. The summed E-state index contributed by atoms with van der Waals surface area (Å²) in [5.41, 5.74) is 2.68. The summed E-state index contributed by atoms with van der Waals surface area (Å²) in [6, 6.07) is 13.2. The van der Waals surface area contributed by atoms with E-state index >= 15 is 0 Å². The molecule has 0 saturated carbocycles. The number of aromatic nitrogens is 2. The molecule has 7 nitrogen and oxygen atoms in total. The number of ether oxygens (including phenoxy) is 1. The van der Waals surface area contributed by atoms with Crippen LogP contribution in [0.5, 0.6) is 5.75 Å². The molecular weight excluding hydrogens is 437 g/mol. The van der Waals surface area contributed by atoms with Crippen molar-refractivity contribution >= 4 is 5.91 Å². The van der Waals surface area contributed by atoms with Crippen LogP contribution >= 0.6 is 0 Å². The number of piperazine rings is 1. The average Bonchev–Trinajstić information content (AvgIpc) is 3.23. The van der Waals surface area contributed by atoms with Gasteiger partial charge in [-0.2, -0.15) is 4.98 Å². The Morgan fingerprint density at radius 3 is 2.33 bits per heavy atom. The quantitative estimate of drug-likeness (QED) is 0.557. The number of carbonyl (C=O) groups is 1. The van der Waals surface area contributed by atoms with Crippen molar-refractivity contribution in [1.82, 2.24) is 19.9 Å². The Labute approximate surface area is 188 Å². The Morgan fingerprint density at radius 1 is 1.03 bits per heavy atom. The largest absolute Gasteiger partial charge is 0.573 e. The zero-order valence-electron chi connectivity index (χ0n) is 18.0. The fourth-order valence-corrected chi connectivity index (χ4v) is 3.58. The van der Waals surface area contributed by atoms with Crippen LogP contribution < -0.4 is 4.74 Å². The summed E-state index contributed by atoms with van der Waals surface area (Å²) in [7, 11) is 0. The van der Waals surface area contributed by atoms with Crippen molar-refractivity contribution in [3.05, 3.63) is 65.5 Å². The first-order chi connectivity index (χ1) is 15.7. The Hall–Kier alpha value is -3.40. The number of halogens is 3. The van der Waals surface area contributed by atoms with Crippen molar-refractivity contribution < 1.29 is 27.2 Å². The van der Waals surface area contributed by atoms with Crippen LogP contribution in [-0.2, 0) is 17.8 Å². The second kappa shape index (κ2) is 9.62. The highest BCUT2D eigenvalue weighted by Crippen LogP contribution is 2.23. The topological polar surface area (TPSA) is 71.7 Å². The van der Waals surface area contributed by atoms with Gasteiger partial charge in [0.05, 0.1) is 13.0 Å². The number of nitrogens with zero attached hydrogens (tertiary/aromatic N) is 4. The van der Waals surface area contributed by atoms with E-state index in [0.29, 0.717) is 50.0 Å². The number of amides is 1. The van der Waals surface area contributed by atoms with Gasteiger partial charge in [-0.15, -0.1) is 13.2 Å². The molecule has 0 unspecified atom stereocenters. The molecule has 174 valence electrons. The minimum absolute atomic E-state index is 0.0708. The maximum absolute atomic E-state index is 12.6. The van der Waals surface area contributed by atoms with E-state index in [4.69, 9.17) is 4.52 Å². The van der Waals surface area contributed by atoms with Gasteiger partial charge in [-0.25, -0.2) is 0 Å². The SMILES string of the molecule is Cc1ccc(-c2noc(CN3CCN(C(=O)Cc4ccc(OC(F)(F)F)cc4)CC3)n2)cc1. The van der Waals surface area contributed by atoms with Crippen molar-refractivity contribution in [1.29, 1.82) is 0 Å². The molecule has 1 saturated heterocycles. The Kier molecular flexibility index (Phi) is 6.64. The van der Waals surface area contributed by atoms with Crippen LogP contribution in [0.4, 0.5) is 13.2 Å². The van der Waals surface area contributed by atoms with Gasteiger partial charge < -0.3 is 14.2 Å². The number of benzene rings is 2. The first kappa shape index (κ1) is 22.8. The summed E-state index contributed by atoms with van der Waals surface area (Å²) in [6.45, 7) is 4.93. The van der Waals surface area contributed by atoms with Crippen LogP contribution in [0.15, 0.2) is 53.1 Å². The summed E-state index contributed by atoms with van der Waals surface area (Å²) < 4.78 is 46.0. The standard InChI is InChI=1S/C23H23F3N4O3/c1-16-2-6-18(7-3-16)22-27-20(33-28-22)15-29-10-12-30(13-11-29)21(31)14-17-4-8-19(9-5-17)32-23(24,25)26/h2-9H,10-15H2,1H3. The molecule has 4 rings (SSSR count). The summed E-state index contributed by atoms with van der Waals surface area (Å²) >= 11 is 0. The lowest BCUT2D eigenvalue weighted by atomic mass is 10.1. The molecule has 0 spiro atoms. The molecule has 1 amide bonds. The second-order valence-corrected chi connectivity index (χ2v) is 7.90. The van der Waals surface area contributed by atoms with Crippen LogP contribution in [0.2, 0.25) is 0 Å². The summed E-state index contributed by atoms with van der Waals surface area (Å²) in [6.07, 6.45) is -4.61. The number of hydrogen-bond acceptors (Lipinski definition) is 6. The van der Waals surface area contributed by atoms with Crippen molar-refractivity contribution in [3.63, 3.8) is 0 Å². The van der Waals surface area contributed by atoms with E-state index in [-0.39, 0.29) is 18.1 Å². The molecule has 2 aromatic carbocycles. The maximum Gasteiger partial charge on any atom is 0.573 e. The lowest BCUT2D eigenvalue weighted by Crippen LogP contribution is -2.48. The molecular formula is C23H23F3N4O3. The predicted octanol–water partition coefficient (Wildman–Crippen LogP) is 3.83. The molecule has 2 heterocycles. The minimum atomic E-state index is -4.74. The van der Waals surface area contributed by atoms with E-state index < -0.39 is 6.36 Å². The highest BCUT2D eigenvalue weighted by molar-refractivity contribution is 5.79. The summed E-state index contributed by atoms with van der Waals surface area (Å²) in [4.78, 5) is 20.9. The Morgan fingerprint density at radius 2 is 1.70 bits per heavy atom. The third-order valence-electron chi connectivity index (χ3n) is 5.37. The van der Waals surface area contributed by atoms with Gasteiger partial charge in [0, 0.05) is 31.7 Å². The van der Waals surface area contributed by atoms with E-state index in [9.17, 15) is 18.0 Å². The number of rotatable bonds is 6. The van der Waals surface area contributed by atoms with Crippen molar-refractivity contribution in [2.24, 2.45) is 0 Å². The number of carbonyl (C=O) groups excluding carboxylic acids is 1. The normalized spacial score (nSPS) is 15.0. The van der Waals surface area contributed by atoms with Gasteiger partial charge in [-0.05, 0) is 24.6 Å². The maximum atomic E-state index is 12.6. The molecule has 1 fully saturated rings. The van der Waals surface area contributed by atoms with E-state index in [2.05, 4.69) is 19.8 Å². The van der Waals surface area contributed by atoms with E-state index in [1.54, 1.807) is 4.90 Å². The molecule has 0 aliphatic carbocycles. The first-order valence-corrected chi connectivity index (χ1v) is 10.5. The van der Waals surface area contributed by atoms with Crippen molar-refractivity contribution in [2.75, 3.05) is 26.2 Å². The first-order valence-electron chi connectivity index (χ1n) is 10.5. The molecule has 1 aromatic heterocycles. The molecule has 0 bridgehead atoms. The minimum Gasteiger partial charge on any atom is -0.406 e. The molecule has 33 heavy (non-hydrogen) atoms. The molecule has 0 N–H and O–H groups in total. The highest BCUT2D eigenvalue weighted by Gasteiger charge is 2.31. The average molecular weight is 460 g/mol.